The lowest BCUT2D eigenvalue weighted by atomic mass is 9.77. The molecule has 0 aliphatic rings. The van der Waals surface area contributed by atoms with Gasteiger partial charge in [-0.15, -0.1) is 0 Å². The molecule has 0 heterocycles. The highest BCUT2D eigenvalue weighted by molar-refractivity contribution is 5.43. The van der Waals surface area contributed by atoms with E-state index in [4.69, 9.17) is 0 Å². The van der Waals surface area contributed by atoms with E-state index in [2.05, 4.69) is 67.5 Å². The van der Waals surface area contributed by atoms with Crippen molar-refractivity contribution in [2.24, 2.45) is 23.7 Å². The molecule has 1 rings (SSSR count). The summed E-state index contributed by atoms with van der Waals surface area (Å²) in [6, 6.07) is 5.24. The van der Waals surface area contributed by atoms with Crippen molar-refractivity contribution in [2.75, 3.05) is 0 Å². The Hall–Kier alpha value is -0.780. The molecule has 0 radical (unpaired) electrons. The summed E-state index contributed by atoms with van der Waals surface area (Å²) in [7, 11) is 0. The zero-order chi connectivity index (χ0) is 28.2. The molecule has 1 aromatic rings. The molecule has 0 fully saturated rings. The zero-order valence-corrected chi connectivity index (χ0v) is 27.6. The van der Waals surface area contributed by atoms with Crippen LogP contribution in [0.3, 0.4) is 0 Å². The first-order valence-corrected chi connectivity index (χ1v) is 17.6. The summed E-state index contributed by atoms with van der Waals surface area (Å²) in [4.78, 5) is 0. The van der Waals surface area contributed by atoms with Crippen LogP contribution in [0.5, 0.6) is 0 Å². The van der Waals surface area contributed by atoms with E-state index in [0.29, 0.717) is 0 Å². The maximum absolute atomic E-state index is 2.62. The van der Waals surface area contributed by atoms with Crippen molar-refractivity contribution < 1.29 is 0 Å². The summed E-state index contributed by atoms with van der Waals surface area (Å²) in [5, 5.41) is 0. The summed E-state index contributed by atoms with van der Waals surface area (Å²) >= 11 is 0. The molecule has 0 spiro atoms. The molecule has 0 bridgehead atoms. The van der Waals surface area contributed by atoms with Crippen molar-refractivity contribution >= 4 is 0 Å². The Kier molecular flexibility index (Phi) is 20.4. The Morgan fingerprint density at radius 1 is 0.395 bits per heavy atom. The molecule has 0 aromatic heterocycles. The third kappa shape index (κ3) is 13.0. The second-order valence-electron chi connectivity index (χ2n) is 12.8. The van der Waals surface area contributed by atoms with Gasteiger partial charge in [-0.3, -0.25) is 0 Å². The average molecular weight is 527 g/mol. The summed E-state index contributed by atoms with van der Waals surface area (Å²) < 4.78 is 0. The van der Waals surface area contributed by atoms with Crippen LogP contribution in [0.4, 0.5) is 0 Å². The molecule has 222 valence electrons. The molecule has 1 aromatic carbocycles. The number of unbranched alkanes of at least 4 members (excludes halogenated alkanes) is 4. The Morgan fingerprint density at radius 2 is 0.658 bits per heavy atom. The van der Waals surface area contributed by atoms with E-state index in [9.17, 15) is 0 Å². The van der Waals surface area contributed by atoms with Gasteiger partial charge in [0.2, 0.25) is 0 Å². The van der Waals surface area contributed by atoms with Crippen LogP contribution < -0.4 is 0 Å². The van der Waals surface area contributed by atoms with E-state index in [1.54, 1.807) is 11.1 Å². The predicted molar refractivity (Wildman–Crippen MR) is 174 cm³/mol. The molecule has 0 nitrogen and oxygen atoms in total. The first-order chi connectivity index (χ1) is 18.5. The zero-order valence-electron chi connectivity index (χ0n) is 27.6. The van der Waals surface area contributed by atoms with Crippen LogP contribution in [0.1, 0.15) is 180 Å². The summed E-state index contributed by atoms with van der Waals surface area (Å²) in [5.74, 6) is 3.38. The van der Waals surface area contributed by atoms with Crippen molar-refractivity contribution in [3.8, 4) is 0 Å². The second-order valence-corrected chi connectivity index (χ2v) is 12.8. The average Bonchev–Trinajstić information content (AvgIpc) is 2.94. The maximum atomic E-state index is 2.62. The standard InChI is InChI=1S/C38H70/c1-9-17-21-31(13-5)27-35-25-26-36(28-32(14-6)22-18-10-2)38(30-34(16-8)24-20-12-4)37(35)29-33(15-7)23-19-11-3/h25-26,31-34H,9-24,27-30H2,1-8H3. The van der Waals surface area contributed by atoms with Gasteiger partial charge < -0.3 is 0 Å². The predicted octanol–water partition coefficient (Wildman–Crippen LogP) is 12.7. The Balaban J connectivity index is 3.59. The monoisotopic (exact) mass is 527 g/mol. The van der Waals surface area contributed by atoms with E-state index in [1.807, 2.05) is 11.1 Å². The van der Waals surface area contributed by atoms with E-state index in [0.717, 1.165) is 23.7 Å². The SMILES string of the molecule is CCCCC(CC)Cc1ccc(CC(CC)CCCC)c(CC(CC)CCCC)c1CC(CC)CCCC. The van der Waals surface area contributed by atoms with Crippen molar-refractivity contribution in [3.05, 3.63) is 34.4 Å². The first kappa shape index (κ1) is 35.2. The number of benzene rings is 1. The van der Waals surface area contributed by atoms with Crippen LogP contribution in [0.2, 0.25) is 0 Å². The van der Waals surface area contributed by atoms with Gasteiger partial charge in [0.15, 0.2) is 0 Å². The second kappa shape index (κ2) is 22.0. The van der Waals surface area contributed by atoms with Gasteiger partial charge in [0.1, 0.15) is 0 Å². The van der Waals surface area contributed by atoms with Crippen LogP contribution in [-0.2, 0) is 25.7 Å². The van der Waals surface area contributed by atoms with E-state index < -0.39 is 0 Å². The lowest BCUT2D eigenvalue weighted by Gasteiger charge is -2.28. The first-order valence-electron chi connectivity index (χ1n) is 17.6. The number of hydrogen-bond acceptors (Lipinski definition) is 0. The fraction of sp³-hybridized carbons (Fsp3) is 0.842. The van der Waals surface area contributed by atoms with Gasteiger partial charge in [-0.05, 0) is 71.6 Å². The van der Waals surface area contributed by atoms with Crippen LogP contribution in [0, 0.1) is 23.7 Å². The lowest BCUT2D eigenvalue weighted by Crippen LogP contribution is -2.17. The van der Waals surface area contributed by atoms with Gasteiger partial charge in [0, 0.05) is 0 Å². The normalized spacial score (nSPS) is 14.9. The van der Waals surface area contributed by atoms with Gasteiger partial charge in [0.05, 0.1) is 0 Å². The van der Waals surface area contributed by atoms with E-state index >= 15 is 0 Å². The minimum Gasteiger partial charge on any atom is -0.0654 e. The van der Waals surface area contributed by atoms with Crippen LogP contribution in [0.15, 0.2) is 12.1 Å². The minimum atomic E-state index is 0.844. The van der Waals surface area contributed by atoms with Gasteiger partial charge >= 0.3 is 0 Å². The maximum Gasteiger partial charge on any atom is -0.0245 e. The molecule has 0 saturated heterocycles. The molecule has 4 atom stereocenters. The van der Waals surface area contributed by atoms with E-state index in [-0.39, 0.29) is 0 Å². The highest BCUT2D eigenvalue weighted by atomic mass is 14.3. The van der Waals surface area contributed by atoms with Crippen molar-refractivity contribution in [1.82, 2.24) is 0 Å². The Bertz CT molecular complexity index is 627. The van der Waals surface area contributed by atoms with Crippen molar-refractivity contribution in [2.45, 2.75) is 184 Å². The van der Waals surface area contributed by atoms with Gasteiger partial charge in [-0.1, -0.05) is 170 Å². The molecular formula is C38H70. The topological polar surface area (TPSA) is 0 Å². The Labute approximate surface area is 241 Å². The quantitative estimate of drug-likeness (QED) is 0.126. The largest absolute Gasteiger partial charge is 0.0654 e. The number of rotatable bonds is 24. The number of hydrogen-bond donors (Lipinski definition) is 0. The molecule has 0 aliphatic heterocycles. The summed E-state index contributed by atoms with van der Waals surface area (Å²) in [6.07, 6.45) is 27.1. The fourth-order valence-corrected chi connectivity index (χ4v) is 6.65. The molecule has 0 saturated carbocycles. The van der Waals surface area contributed by atoms with Gasteiger partial charge in [0.25, 0.3) is 0 Å². The summed E-state index contributed by atoms with van der Waals surface area (Å²) in [5.41, 5.74) is 7.10. The lowest BCUT2D eigenvalue weighted by molar-refractivity contribution is 0.419. The molecule has 0 heteroatoms. The molecule has 38 heavy (non-hydrogen) atoms. The third-order valence-electron chi connectivity index (χ3n) is 9.80. The van der Waals surface area contributed by atoms with Gasteiger partial charge in [-0.2, -0.15) is 0 Å². The van der Waals surface area contributed by atoms with E-state index in [1.165, 1.54) is 128 Å². The third-order valence-corrected chi connectivity index (χ3v) is 9.80. The minimum absolute atomic E-state index is 0.844. The molecule has 0 aliphatic carbocycles. The smallest absolute Gasteiger partial charge is 0.0245 e. The highest BCUT2D eigenvalue weighted by Crippen LogP contribution is 2.34. The molecule has 0 N–H and O–H groups in total. The Morgan fingerprint density at radius 3 is 0.895 bits per heavy atom. The van der Waals surface area contributed by atoms with Gasteiger partial charge in [-0.25, -0.2) is 0 Å². The van der Waals surface area contributed by atoms with Crippen molar-refractivity contribution in [3.63, 3.8) is 0 Å². The molecular weight excluding hydrogens is 456 g/mol. The molecule has 0 amide bonds. The van der Waals surface area contributed by atoms with Crippen LogP contribution in [0.25, 0.3) is 0 Å². The molecule has 4 unspecified atom stereocenters. The van der Waals surface area contributed by atoms with Crippen molar-refractivity contribution in [1.29, 1.82) is 0 Å². The highest BCUT2D eigenvalue weighted by Gasteiger charge is 2.22. The van der Waals surface area contributed by atoms with Crippen LogP contribution in [-0.4, -0.2) is 0 Å². The summed E-state index contributed by atoms with van der Waals surface area (Å²) in [6.45, 7) is 19.2. The van der Waals surface area contributed by atoms with Crippen LogP contribution >= 0.6 is 0 Å². The fourth-order valence-electron chi connectivity index (χ4n) is 6.65.